The summed E-state index contributed by atoms with van der Waals surface area (Å²) in [5, 5.41) is 8.79. The molecule has 0 amide bonds. The van der Waals surface area contributed by atoms with Crippen molar-refractivity contribution in [2.75, 3.05) is 13.2 Å². The van der Waals surface area contributed by atoms with Crippen LogP contribution in [0.5, 0.6) is 0 Å². The van der Waals surface area contributed by atoms with Gasteiger partial charge in [-0.1, -0.05) is 0 Å². The summed E-state index contributed by atoms with van der Waals surface area (Å²) in [6, 6.07) is 3.23. The van der Waals surface area contributed by atoms with E-state index in [0.29, 0.717) is 10.2 Å². The van der Waals surface area contributed by atoms with E-state index in [-0.39, 0.29) is 18.7 Å². The number of alkyl halides is 2. The van der Waals surface area contributed by atoms with Gasteiger partial charge in [0.1, 0.15) is 18.2 Å². The van der Waals surface area contributed by atoms with Gasteiger partial charge >= 0.3 is 0 Å². The van der Waals surface area contributed by atoms with Crippen LogP contribution < -0.4 is 5.56 Å². The van der Waals surface area contributed by atoms with Crippen molar-refractivity contribution >= 4 is 15.9 Å². The number of hydrogen-bond acceptors (Lipinski definition) is 3. The van der Waals surface area contributed by atoms with Gasteiger partial charge in [-0.15, -0.1) is 0 Å². The Balaban J connectivity index is 2.86. The fourth-order valence-corrected chi connectivity index (χ4v) is 1.84. The first-order valence-electron chi connectivity index (χ1n) is 5.13. The highest BCUT2D eigenvalue weighted by Crippen LogP contribution is 2.14. The van der Waals surface area contributed by atoms with Crippen LogP contribution in [0.25, 0.3) is 0 Å². The van der Waals surface area contributed by atoms with Gasteiger partial charge in [-0.3, -0.25) is 4.79 Å². The SMILES string of the molecule is Cc1c(Br)cc(C#N)c(=O)n1CCOCC(F)F. The van der Waals surface area contributed by atoms with Crippen LogP contribution in [-0.2, 0) is 11.3 Å². The molecule has 0 spiro atoms. The lowest BCUT2D eigenvalue weighted by atomic mass is 10.2. The number of rotatable bonds is 5. The maximum atomic E-state index is 11.9. The molecule has 4 nitrogen and oxygen atoms in total. The van der Waals surface area contributed by atoms with Crippen LogP contribution >= 0.6 is 15.9 Å². The van der Waals surface area contributed by atoms with Gasteiger partial charge in [-0.05, 0) is 28.9 Å². The first-order valence-corrected chi connectivity index (χ1v) is 5.92. The lowest BCUT2D eigenvalue weighted by Gasteiger charge is -2.12. The summed E-state index contributed by atoms with van der Waals surface area (Å²) in [5.41, 5.74) is 0.180. The Hall–Kier alpha value is -1.26. The van der Waals surface area contributed by atoms with E-state index in [2.05, 4.69) is 15.9 Å². The minimum absolute atomic E-state index is 0.00124. The van der Waals surface area contributed by atoms with Crippen LogP contribution in [-0.4, -0.2) is 24.2 Å². The average Bonchev–Trinajstić information content (AvgIpc) is 2.32. The lowest BCUT2D eigenvalue weighted by Crippen LogP contribution is -2.27. The standard InChI is InChI=1S/C11H11BrF2N2O2/c1-7-9(12)4-8(5-15)11(17)16(7)2-3-18-6-10(13)14/h4,10H,2-3,6H2,1H3. The van der Waals surface area contributed by atoms with Gasteiger partial charge in [-0.25, -0.2) is 8.78 Å². The molecule has 0 aromatic carbocycles. The molecule has 0 aliphatic rings. The van der Waals surface area contributed by atoms with Crippen molar-refractivity contribution in [1.29, 1.82) is 5.26 Å². The van der Waals surface area contributed by atoms with E-state index in [9.17, 15) is 13.6 Å². The zero-order valence-corrected chi connectivity index (χ0v) is 11.2. The van der Waals surface area contributed by atoms with Gasteiger partial charge in [0.05, 0.1) is 6.61 Å². The number of hydrogen-bond donors (Lipinski definition) is 0. The van der Waals surface area contributed by atoms with Crippen LogP contribution in [0.1, 0.15) is 11.3 Å². The van der Waals surface area contributed by atoms with Gasteiger partial charge in [0.2, 0.25) is 0 Å². The molecule has 0 fully saturated rings. The van der Waals surface area contributed by atoms with Gasteiger partial charge < -0.3 is 9.30 Å². The Morgan fingerprint density at radius 3 is 2.83 bits per heavy atom. The van der Waals surface area contributed by atoms with Crippen LogP contribution in [0.2, 0.25) is 0 Å². The quantitative estimate of drug-likeness (QED) is 0.780. The van der Waals surface area contributed by atoms with E-state index in [1.54, 1.807) is 13.0 Å². The zero-order valence-electron chi connectivity index (χ0n) is 9.62. The molecule has 18 heavy (non-hydrogen) atoms. The van der Waals surface area contributed by atoms with Crippen LogP contribution in [0.3, 0.4) is 0 Å². The summed E-state index contributed by atoms with van der Waals surface area (Å²) in [7, 11) is 0. The summed E-state index contributed by atoms with van der Waals surface area (Å²) < 4.78 is 30.4. The highest BCUT2D eigenvalue weighted by molar-refractivity contribution is 9.10. The van der Waals surface area contributed by atoms with E-state index >= 15 is 0 Å². The molecule has 0 N–H and O–H groups in total. The fraction of sp³-hybridized carbons (Fsp3) is 0.455. The van der Waals surface area contributed by atoms with E-state index in [1.165, 1.54) is 10.6 Å². The van der Waals surface area contributed by atoms with E-state index < -0.39 is 18.6 Å². The molecule has 7 heteroatoms. The predicted octanol–water partition coefficient (Wildman–Crippen LogP) is 2.07. The Kier molecular flexibility index (Phi) is 5.44. The summed E-state index contributed by atoms with van der Waals surface area (Å²) in [4.78, 5) is 11.8. The molecule has 1 heterocycles. The Morgan fingerprint density at radius 1 is 1.61 bits per heavy atom. The number of ether oxygens (including phenoxy) is 1. The van der Waals surface area contributed by atoms with Crippen molar-refractivity contribution in [2.45, 2.75) is 19.9 Å². The molecular weight excluding hydrogens is 310 g/mol. The molecule has 0 radical (unpaired) electrons. The molecule has 0 aliphatic carbocycles. The average molecular weight is 321 g/mol. The third kappa shape index (κ3) is 3.62. The van der Waals surface area contributed by atoms with E-state index in [1.807, 2.05) is 0 Å². The fourth-order valence-electron chi connectivity index (χ4n) is 1.40. The third-order valence-electron chi connectivity index (χ3n) is 2.32. The summed E-state index contributed by atoms with van der Waals surface area (Å²) in [6.45, 7) is 1.16. The topological polar surface area (TPSA) is 55.0 Å². The number of aromatic nitrogens is 1. The normalized spacial score (nSPS) is 10.7. The van der Waals surface area contributed by atoms with Crippen molar-refractivity contribution in [1.82, 2.24) is 4.57 Å². The molecule has 0 unspecified atom stereocenters. The number of nitriles is 1. The van der Waals surface area contributed by atoms with Gasteiger partial charge in [0.25, 0.3) is 12.0 Å². The summed E-state index contributed by atoms with van der Waals surface area (Å²) >= 11 is 3.23. The summed E-state index contributed by atoms with van der Waals surface area (Å²) in [6.07, 6.45) is -2.53. The first-order chi connectivity index (χ1) is 8.47. The maximum absolute atomic E-state index is 11.9. The molecule has 0 saturated heterocycles. The molecule has 1 aromatic heterocycles. The molecule has 0 atom stereocenters. The van der Waals surface area contributed by atoms with Crippen molar-refractivity contribution in [3.63, 3.8) is 0 Å². The largest absolute Gasteiger partial charge is 0.374 e. The molecule has 0 bridgehead atoms. The Labute approximate surface area is 111 Å². The van der Waals surface area contributed by atoms with E-state index in [4.69, 9.17) is 10.00 Å². The second-order valence-corrected chi connectivity index (χ2v) is 4.38. The predicted molar refractivity (Wildman–Crippen MR) is 64.7 cm³/mol. The molecule has 0 saturated carbocycles. The smallest absolute Gasteiger partial charge is 0.268 e. The van der Waals surface area contributed by atoms with Gasteiger partial charge in [0, 0.05) is 16.7 Å². The molecule has 1 rings (SSSR count). The molecule has 1 aromatic rings. The first kappa shape index (κ1) is 14.8. The number of pyridine rings is 1. The van der Waals surface area contributed by atoms with Crippen LogP contribution in [0.4, 0.5) is 8.78 Å². The van der Waals surface area contributed by atoms with Crippen molar-refractivity contribution in [3.8, 4) is 6.07 Å². The van der Waals surface area contributed by atoms with Crippen molar-refractivity contribution < 1.29 is 13.5 Å². The molecule has 98 valence electrons. The summed E-state index contributed by atoms with van der Waals surface area (Å²) in [5.74, 6) is 0. The number of halogens is 3. The monoisotopic (exact) mass is 320 g/mol. The minimum atomic E-state index is -2.53. The maximum Gasteiger partial charge on any atom is 0.268 e. The van der Waals surface area contributed by atoms with Crippen LogP contribution in [0, 0.1) is 18.3 Å². The minimum Gasteiger partial charge on any atom is -0.374 e. The lowest BCUT2D eigenvalue weighted by molar-refractivity contribution is 0.0144. The molecular formula is C11H11BrF2N2O2. The van der Waals surface area contributed by atoms with Crippen LogP contribution in [0.15, 0.2) is 15.3 Å². The van der Waals surface area contributed by atoms with Gasteiger partial charge in [-0.2, -0.15) is 5.26 Å². The highest BCUT2D eigenvalue weighted by atomic mass is 79.9. The van der Waals surface area contributed by atoms with Crippen molar-refractivity contribution in [2.24, 2.45) is 0 Å². The second-order valence-electron chi connectivity index (χ2n) is 3.53. The highest BCUT2D eigenvalue weighted by Gasteiger charge is 2.10. The number of nitrogens with zero attached hydrogens (tertiary/aromatic N) is 2. The Morgan fingerprint density at radius 2 is 2.28 bits per heavy atom. The third-order valence-corrected chi connectivity index (χ3v) is 3.12. The van der Waals surface area contributed by atoms with E-state index in [0.717, 1.165) is 0 Å². The zero-order chi connectivity index (χ0) is 13.7. The molecule has 0 aliphatic heterocycles. The van der Waals surface area contributed by atoms with Crippen molar-refractivity contribution in [3.05, 3.63) is 32.2 Å². The van der Waals surface area contributed by atoms with Gasteiger partial charge in [0.15, 0.2) is 0 Å². The Bertz CT molecular complexity index is 523. The second kappa shape index (κ2) is 6.61.